The van der Waals surface area contributed by atoms with Crippen LogP contribution in [-0.4, -0.2) is 26.7 Å². The van der Waals surface area contributed by atoms with Gasteiger partial charge in [0.25, 0.3) is 0 Å². The van der Waals surface area contributed by atoms with Gasteiger partial charge in [-0.2, -0.15) is 0 Å². The fourth-order valence-electron chi connectivity index (χ4n) is 1.73. The second-order valence-corrected chi connectivity index (χ2v) is 5.70. The minimum Gasteiger partial charge on any atom is -0.318 e. The van der Waals surface area contributed by atoms with Crippen LogP contribution in [0.5, 0.6) is 0 Å². The van der Waals surface area contributed by atoms with E-state index in [4.69, 9.17) is 0 Å². The van der Waals surface area contributed by atoms with Gasteiger partial charge in [-0.15, -0.1) is 0 Å². The summed E-state index contributed by atoms with van der Waals surface area (Å²) in [6, 6.07) is 5.09. The second kappa shape index (κ2) is 6.47. The Balaban J connectivity index is 2.71. The molecule has 0 aliphatic heterocycles. The molecule has 96 valence electrons. The third-order valence-electron chi connectivity index (χ3n) is 2.78. The Morgan fingerprint density at radius 2 is 2.00 bits per heavy atom. The molecule has 0 bridgehead atoms. The van der Waals surface area contributed by atoms with Gasteiger partial charge < -0.3 is 10.6 Å². The topological polar surface area (TPSA) is 24.1 Å². The van der Waals surface area contributed by atoms with E-state index >= 15 is 0 Å². The van der Waals surface area contributed by atoms with Gasteiger partial charge in [0.15, 0.2) is 0 Å². The zero-order chi connectivity index (χ0) is 12.9. The van der Waals surface area contributed by atoms with E-state index in [0.29, 0.717) is 0 Å². The van der Waals surface area contributed by atoms with Crippen LogP contribution in [0.3, 0.4) is 0 Å². The standard InChI is InChI=1S/C13H20BrFN2/c1-13(2,9-17-7-6-16-3)11-8-10(14)4-5-12(11)15/h4-5,8,16-17H,6-7,9H2,1-3H3. The first-order valence-electron chi connectivity index (χ1n) is 5.78. The number of hydrogen-bond acceptors (Lipinski definition) is 2. The van der Waals surface area contributed by atoms with Crippen molar-refractivity contribution in [3.05, 3.63) is 34.1 Å². The van der Waals surface area contributed by atoms with E-state index in [-0.39, 0.29) is 11.2 Å². The van der Waals surface area contributed by atoms with Gasteiger partial charge in [0.1, 0.15) is 5.82 Å². The summed E-state index contributed by atoms with van der Waals surface area (Å²) in [6.07, 6.45) is 0. The van der Waals surface area contributed by atoms with Crippen molar-refractivity contribution < 1.29 is 4.39 Å². The van der Waals surface area contributed by atoms with Gasteiger partial charge in [-0.25, -0.2) is 4.39 Å². The van der Waals surface area contributed by atoms with Crippen LogP contribution in [0.15, 0.2) is 22.7 Å². The molecule has 0 saturated heterocycles. The van der Waals surface area contributed by atoms with Crippen molar-refractivity contribution in [2.24, 2.45) is 0 Å². The number of nitrogens with one attached hydrogen (secondary N) is 2. The fourth-order valence-corrected chi connectivity index (χ4v) is 2.09. The molecule has 0 aliphatic carbocycles. The molecule has 0 amide bonds. The van der Waals surface area contributed by atoms with Crippen molar-refractivity contribution in [2.45, 2.75) is 19.3 Å². The normalized spacial score (nSPS) is 11.8. The number of halogens is 2. The van der Waals surface area contributed by atoms with Crippen LogP contribution in [0.2, 0.25) is 0 Å². The van der Waals surface area contributed by atoms with E-state index in [1.807, 2.05) is 27.0 Å². The lowest BCUT2D eigenvalue weighted by Crippen LogP contribution is -2.36. The van der Waals surface area contributed by atoms with Gasteiger partial charge in [-0.3, -0.25) is 0 Å². The lowest BCUT2D eigenvalue weighted by molar-refractivity contribution is 0.444. The molecular formula is C13H20BrFN2. The van der Waals surface area contributed by atoms with Crippen molar-refractivity contribution in [3.8, 4) is 0 Å². The number of likely N-dealkylation sites (N-methyl/N-ethyl adjacent to an activating group) is 1. The van der Waals surface area contributed by atoms with E-state index in [9.17, 15) is 4.39 Å². The molecule has 1 aromatic rings. The molecular weight excluding hydrogens is 283 g/mol. The SMILES string of the molecule is CNCCNCC(C)(C)c1cc(Br)ccc1F. The van der Waals surface area contributed by atoms with E-state index in [2.05, 4.69) is 26.6 Å². The predicted octanol–water partition coefficient (Wildman–Crippen LogP) is 2.67. The highest BCUT2D eigenvalue weighted by atomic mass is 79.9. The van der Waals surface area contributed by atoms with Crippen molar-refractivity contribution in [1.82, 2.24) is 10.6 Å². The lowest BCUT2D eigenvalue weighted by atomic mass is 9.84. The van der Waals surface area contributed by atoms with Crippen molar-refractivity contribution in [3.63, 3.8) is 0 Å². The van der Waals surface area contributed by atoms with Crippen molar-refractivity contribution in [2.75, 3.05) is 26.7 Å². The van der Waals surface area contributed by atoms with Gasteiger partial charge in [0.2, 0.25) is 0 Å². The quantitative estimate of drug-likeness (QED) is 0.790. The molecule has 0 spiro atoms. The van der Waals surface area contributed by atoms with E-state index in [1.165, 1.54) is 6.07 Å². The molecule has 0 fully saturated rings. The summed E-state index contributed by atoms with van der Waals surface area (Å²) in [5, 5.41) is 6.40. The third-order valence-corrected chi connectivity index (χ3v) is 3.27. The molecule has 0 saturated carbocycles. The molecule has 2 nitrogen and oxygen atoms in total. The van der Waals surface area contributed by atoms with Gasteiger partial charge in [-0.05, 0) is 30.8 Å². The smallest absolute Gasteiger partial charge is 0.127 e. The molecule has 0 radical (unpaired) electrons. The summed E-state index contributed by atoms with van der Waals surface area (Å²) in [7, 11) is 1.92. The Morgan fingerprint density at radius 1 is 1.29 bits per heavy atom. The van der Waals surface area contributed by atoms with Crippen LogP contribution in [0.4, 0.5) is 4.39 Å². The molecule has 2 N–H and O–H groups in total. The fraction of sp³-hybridized carbons (Fsp3) is 0.538. The molecule has 4 heteroatoms. The summed E-state index contributed by atoms with van der Waals surface area (Å²) in [4.78, 5) is 0. The Hall–Kier alpha value is -0.450. The number of rotatable bonds is 6. The molecule has 0 heterocycles. The monoisotopic (exact) mass is 302 g/mol. The molecule has 0 aromatic heterocycles. The van der Waals surface area contributed by atoms with E-state index < -0.39 is 0 Å². The molecule has 1 rings (SSSR count). The highest BCUT2D eigenvalue weighted by Crippen LogP contribution is 2.27. The van der Waals surface area contributed by atoms with Crippen molar-refractivity contribution >= 4 is 15.9 Å². The Morgan fingerprint density at radius 3 is 2.65 bits per heavy atom. The maximum Gasteiger partial charge on any atom is 0.127 e. The highest BCUT2D eigenvalue weighted by Gasteiger charge is 2.23. The summed E-state index contributed by atoms with van der Waals surface area (Å²) >= 11 is 3.38. The zero-order valence-corrected chi connectivity index (χ0v) is 12.2. The maximum atomic E-state index is 13.8. The largest absolute Gasteiger partial charge is 0.318 e. The maximum absolute atomic E-state index is 13.8. The van der Waals surface area contributed by atoms with Crippen LogP contribution in [0.1, 0.15) is 19.4 Å². The van der Waals surface area contributed by atoms with Gasteiger partial charge in [0, 0.05) is 29.5 Å². The second-order valence-electron chi connectivity index (χ2n) is 4.79. The highest BCUT2D eigenvalue weighted by molar-refractivity contribution is 9.10. The van der Waals surface area contributed by atoms with Crippen LogP contribution in [0.25, 0.3) is 0 Å². The molecule has 1 aromatic carbocycles. The molecule has 0 unspecified atom stereocenters. The number of benzene rings is 1. The first kappa shape index (κ1) is 14.6. The van der Waals surface area contributed by atoms with Crippen LogP contribution < -0.4 is 10.6 Å². The first-order chi connectivity index (χ1) is 7.97. The van der Waals surface area contributed by atoms with Crippen molar-refractivity contribution in [1.29, 1.82) is 0 Å². The predicted molar refractivity (Wildman–Crippen MR) is 73.9 cm³/mol. The Kier molecular flexibility index (Phi) is 5.56. The Labute approximate surface area is 111 Å². The third kappa shape index (κ3) is 4.37. The molecule has 0 atom stereocenters. The average Bonchev–Trinajstić information content (AvgIpc) is 2.28. The molecule has 17 heavy (non-hydrogen) atoms. The average molecular weight is 303 g/mol. The summed E-state index contributed by atoms with van der Waals surface area (Å²) in [6.45, 7) is 6.64. The van der Waals surface area contributed by atoms with Gasteiger partial charge in [-0.1, -0.05) is 29.8 Å². The first-order valence-corrected chi connectivity index (χ1v) is 6.57. The van der Waals surface area contributed by atoms with Gasteiger partial charge in [0.05, 0.1) is 0 Å². The summed E-state index contributed by atoms with van der Waals surface area (Å²) in [5.41, 5.74) is 0.519. The molecule has 0 aliphatic rings. The summed E-state index contributed by atoms with van der Waals surface area (Å²) < 4.78 is 14.7. The summed E-state index contributed by atoms with van der Waals surface area (Å²) in [5.74, 6) is -0.145. The number of hydrogen-bond donors (Lipinski definition) is 2. The Bertz CT molecular complexity index is 366. The van der Waals surface area contributed by atoms with Crippen LogP contribution >= 0.6 is 15.9 Å². The minimum atomic E-state index is -0.221. The van der Waals surface area contributed by atoms with E-state index in [1.54, 1.807) is 6.07 Å². The minimum absolute atomic E-state index is 0.145. The van der Waals surface area contributed by atoms with E-state index in [0.717, 1.165) is 29.7 Å². The zero-order valence-electron chi connectivity index (χ0n) is 10.6. The van der Waals surface area contributed by atoms with Crippen LogP contribution in [-0.2, 0) is 5.41 Å². The van der Waals surface area contributed by atoms with Gasteiger partial charge >= 0.3 is 0 Å². The lowest BCUT2D eigenvalue weighted by Gasteiger charge is -2.26. The van der Waals surface area contributed by atoms with Crippen LogP contribution in [0, 0.1) is 5.82 Å².